The molecule has 1 aromatic heterocycles. The van der Waals surface area contributed by atoms with Crippen LogP contribution < -0.4 is 10.6 Å². The summed E-state index contributed by atoms with van der Waals surface area (Å²) in [5.74, 6) is 2.64. The van der Waals surface area contributed by atoms with Crippen LogP contribution in [0.3, 0.4) is 0 Å². The van der Waals surface area contributed by atoms with E-state index < -0.39 is 0 Å². The molecule has 0 unspecified atom stereocenters. The lowest BCUT2D eigenvalue weighted by molar-refractivity contribution is 0.371. The standard InChI is InChI=1S/C11H21N5O/c1-8(2)5-6-13-11(12-4)14-7-10-15-9(3)16-17-10/h8H,5-7H2,1-4H3,(H2,12,13,14). The molecule has 0 aromatic carbocycles. The number of nitrogens with one attached hydrogen (secondary N) is 2. The topological polar surface area (TPSA) is 75.3 Å². The van der Waals surface area contributed by atoms with Crippen molar-refractivity contribution in [3.63, 3.8) is 0 Å². The summed E-state index contributed by atoms with van der Waals surface area (Å²) in [6.45, 7) is 7.57. The van der Waals surface area contributed by atoms with E-state index in [1.165, 1.54) is 0 Å². The minimum atomic E-state index is 0.488. The normalized spacial score (nSPS) is 11.9. The maximum atomic E-state index is 5.00. The molecule has 0 fully saturated rings. The monoisotopic (exact) mass is 239 g/mol. The van der Waals surface area contributed by atoms with E-state index in [4.69, 9.17) is 4.52 Å². The molecule has 1 aromatic rings. The zero-order valence-electron chi connectivity index (χ0n) is 10.9. The Bertz CT molecular complexity index is 358. The van der Waals surface area contributed by atoms with Crippen LogP contribution in [0.5, 0.6) is 0 Å². The molecule has 1 rings (SSSR count). The third kappa shape index (κ3) is 5.33. The van der Waals surface area contributed by atoms with E-state index in [2.05, 4.69) is 39.6 Å². The van der Waals surface area contributed by atoms with Gasteiger partial charge in [0.1, 0.15) is 0 Å². The third-order valence-electron chi connectivity index (χ3n) is 2.21. The number of hydrogen-bond donors (Lipinski definition) is 2. The van der Waals surface area contributed by atoms with Crippen molar-refractivity contribution in [3.8, 4) is 0 Å². The molecule has 1 heterocycles. The van der Waals surface area contributed by atoms with Crippen molar-refractivity contribution in [1.82, 2.24) is 20.8 Å². The van der Waals surface area contributed by atoms with Crippen molar-refractivity contribution in [2.45, 2.75) is 33.7 Å². The van der Waals surface area contributed by atoms with Crippen molar-refractivity contribution in [2.24, 2.45) is 10.9 Å². The summed E-state index contributed by atoms with van der Waals surface area (Å²) in [6, 6.07) is 0. The molecule has 2 N–H and O–H groups in total. The lowest BCUT2D eigenvalue weighted by atomic mass is 10.1. The van der Waals surface area contributed by atoms with Crippen LogP contribution in [-0.2, 0) is 6.54 Å². The van der Waals surface area contributed by atoms with Gasteiger partial charge >= 0.3 is 0 Å². The first-order valence-corrected chi connectivity index (χ1v) is 5.85. The van der Waals surface area contributed by atoms with Crippen LogP contribution >= 0.6 is 0 Å². The molecule has 17 heavy (non-hydrogen) atoms. The summed E-state index contributed by atoms with van der Waals surface area (Å²) in [7, 11) is 1.74. The van der Waals surface area contributed by atoms with E-state index in [0.29, 0.717) is 24.2 Å². The summed E-state index contributed by atoms with van der Waals surface area (Å²) < 4.78 is 5.00. The molecule has 0 spiro atoms. The van der Waals surface area contributed by atoms with E-state index in [-0.39, 0.29) is 0 Å². The number of hydrogen-bond acceptors (Lipinski definition) is 4. The first-order chi connectivity index (χ1) is 8.11. The largest absolute Gasteiger partial charge is 0.356 e. The zero-order valence-corrected chi connectivity index (χ0v) is 10.9. The van der Waals surface area contributed by atoms with Crippen LogP contribution in [0.1, 0.15) is 32.0 Å². The number of guanidine groups is 1. The average Bonchev–Trinajstić information content (AvgIpc) is 2.69. The van der Waals surface area contributed by atoms with Crippen LogP contribution in [-0.4, -0.2) is 29.7 Å². The predicted molar refractivity (Wildman–Crippen MR) is 66.7 cm³/mol. The lowest BCUT2D eigenvalue weighted by Gasteiger charge is -2.11. The van der Waals surface area contributed by atoms with Gasteiger partial charge in [0, 0.05) is 13.6 Å². The number of aryl methyl sites for hydroxylation is 1. The van der Waals surface area contributed by atoms with Gasteiger partial charge in [-0.1, -0.05) is 19.0 Å². The Hall–Kier alpha value is -1.59. The second kappa shape index (κ2) is 6.88. The number of aliphatic imine (C=N–C) groups is 1. The van der Waals surface area contributed by atoms with Crippen molar-refractivity contribution in [2.75, 3.05) is 13.6 Å². The van der Waals surface area contributed by atoms with Crippen molar-refractivity contribution in [3.05, 3.63) is 11.7 Å². The van der Waals surface area contributed by atoms with Crippen LogP contribution in [0, 0.1) is 12.8 Å². The molecule has 0 aliphatic rings. The van der Waals surface area contributed by atoms with Gasteiger partial charge < -0.3 is 15.2 Å². The van der Waals surface area contributed by atoms with Gasteiger partial charge in [-0.15, -0.1) is 0 Å². The first kappa shape index (κ1) is 13.5. The van der Waals surface area contributed by atoms with Crippen molar-refractivity contribution in [1.29, 1.82) is 0 Å². The molecule has 0 aliphatic heterocycles. The van der Waals surface area contributed by atoms with Crippen molar-refractivity contribution >= 4 is 5.96 Å². The van der Waals surface area contributed by atoms with Crippen LogP contribution in [0.2, 0.25) is 0 Å². The molecule has 6 nitrogen and oxygen atoms in total. The zero-order chi connectivity index (χ0) is 12.7. The van der Waals surface area contributed by atoms with E-state index >= 15 is 0 Å². The summed E-state index contributed by atoms with van der Waals surface area (Å²) in [5.41, 5.74) is 0. The maximum Gasteiger partial charge on any atom is 0.246 e. The molecule has 0 amide bonds. The Labute approximate surface area is 102 Å². The molecule has 0 radical (unpaired) electrons. The second-order valence-corrected chi connectivity index (χ2v) is 4.27. The Balaban J connectivity index is 2.28. The van der Waals surface area contributed by atoms with Gasteiger partial charge in [0.25, 0.3) is 0 Å². The Morgan fingerprint density at radius 2 is 2.18 bits per heavy atom. The molecular formula is C11H21N5O. The molecule has 0 atom stereocenters. The smallest absolute Gasteiger partial charge is 0.246 e. The minimum Gasteiger partial charge on any atom is -0.356 e. The summed E-state index contributed by atoms with van der Waals surface area (Å²) in [6.07, 6.45) is 1.11. The van der Waals surface area contributed by atoms with Gasteiger partial charge in [-0.3, -0.25) is 4.99 Å². The highest BCUT2D eigenvalue weighted by Crippen LogP contribution is 1.97. The summed E-state index contributed by atoms with van der Waals surface area (Å²) in [4.78, 5) is 8.21. The highest BCUT2D eigenvalue weighted by molar-refractivity contribution is 5.79. The Kier molecular flexibility index (Phi) is 5.45. The van der Waals surface area contributed by atoms with Crippen LogP contribution in [0.25, 0.3) is 0 Å². The van der Waals surface area contributed by atoms with Crippen LogP contribution in [0.4, 0.5) is 0 Å². The van der Waals surface area contributed by atoms with E-state index in [1.807, 2.05) is 0 Å². The van der Waals surface area contributed by atoms with Gasteiger partial charge in [0.15, 0.2) is 11.8 Å². The fourth-order valence-electron chi connectivity index (χ4n) is 1.27. The summed E-state index contributed by atoms with van der Waals surface area (Å²) in [5, 5.41) is 10.1. The third-order valence-corrected chi connectivity index (χ3v) is 2.21. The van der Waals surface area contributed by atoms with Gasteiger partial charge in [-0.2, -0.15) is 4.98 Å². The minimum absolute atomic E-state index is 0.488. The molecule has 0 saturated heterocycles. The molecule has 6 heteroatoms. The van der Waals surface area contributed by atoms with Gasteiger partial charge in [-0.25, -0.2) is 0 Å². The molecule has 0 bridgehead atoms. The van der Waals surface area contributed by atoms with Crippen molar-refractivity contribution < 1.29 is 4.52 Å². The summed E-state index contributed by atoms with van der Waals surface area (Å²) >= 11 is 0. The highest BCUT2D eigenvalue weighted by Gasteiger charge is 2.04. The SMILES string of the molecule is CN=C(NCCC(C)C)NCc1nc(C)no1. The number of rotatable bonds is 5. The van der Waals surface area contributed by atoms with E-state index in [0.717, 1.165) is 18.9 Å². The van der Waals surface area contributed by atoms with Gasteiger partial charge in [0.2, 0.25) is 5.89 Å². The molecular weight excluding hydrogens is 218 g/mol. The van der Waals surface area contributed by atoms with E-state index in [1.54, 1.807) is 14.0 Å². The highest BCUT2D eigenvalue weighted by atomic mass is 16.5. The number of aromatic nitrogens is 2. The van der Waals surface area contributed by atoms with Crippen LogP contribution in [0.15, 0.2) is 9.52 Å². The van der Waals surface area contributed by atoms with Gasteiger partial charge in [-0.05, 0) is 19.3 Å². The average molecular weight is 239 g/mol. The Morgan fingerprint density at radius 3 is 2.71 bits per heavy atom. The van der Waals surface area contributed by atoms with E-state index in [9.17, 15) is 0 Å². The second-order valence-electron chi connectivity index (χ2n) is 4.27. The predicted octanol–water partition coefficient (Wildman–Crippen LogP) is 1.09. The quantitative estimate of drug-likeness (QED) is 0.594. The fourth-order valence-corrected chi connectivity index (χ4v) is 1.27. The first-order valence-electron chi connectivity index (χ1n) is 5.85. The maximum absolute atomic E-state index is 5.00. The fraction of sp³-hybridized carbons (Fsp3) is 0.727. The van der Waals surface area contributed by atoms with Gasteiger partial charge in [0.05, 0.1) is 6.54 Å². The molecule has 0 saturated carbocycles. The number of nitrogens with zero attached hydrogens (tertiary/aromatic N) is 3. The molecule has 96 valence electrons. The molecule has 0 aliphatic carbocycles. The Morgan fingerprint density at radius 1 is 1.41 bits per heavy atom. The lowest BCUT2D eigenvalue weighted by Crippen LogP contribution is -2.37.